The Balaban J connectivity index is 1.91. The molecule has 1 fully saturated rings. The van der Waals surface area contributed by atoms with Crippen LogP contribution in [0, 0.1) is 12.7 Å². The van der Waals surface area contributed by atoms with Gasteiger partial charge in [0.25, 0.3) is 5.91 Å². The number of aryl methyl sites for hydroxylation is 1. The molecule has 1 aliphatic rings. The fourth-order valence-electron chi connectivity index (χ4n) is 2.66. The Hall–Kier alpha value is -2.31. The number of aromatic nitrogens is 4. The lowest BCUT2D eigenvalue weighted by Gasteiger charge is -2.34. The van der Waals surface area contributed by atoms with Gasteiger partial charge in [-0.15, -0.1) is 0 Å². The molecule has 110 valence electrons. The monoisotopic (exact) mass is 289 g/mol. The number of aromatic amines is 1. The molecule has 0 aliphatic carbocycles. The SMILES string of the molecule is Cc1nc(C2CCCCN2C(=O)c2ccncc2F)n[nH]1. The number of hydrogen-bond donors (Lipinski definition) is 1. The van der Waals surface area contributed by atoms with E-state index in [9.17, 15) is 9.18 Å². The maximum absolute atomic E-state index is 13.8. The zero-order valence-corrected chi connectivity index (χ0v) is 11.7. The summed E-state index contributed by atoms with van der Waals surface area (Å²) >= 11 is 0. The van der Waals surface area contributed by atoms with Crippen molar-refractivity contribution in [3.63, 3.8) is 0 Å². The molecule has 6 nitrogen and oxygen atoms in total. The summed E-state index contributed by atoms with van der Waals surface area (Å²) in [5.41, 5.74) is 0.0455. The second-order valence-electron chi connectivity index (χ2n) is 5.14. The maximum Gasteiger partial charge on any atom is 0.257 e. The zero-order valence-electron chi connectivity index (χ0n) is 11.7. The summed E-state index contributed by atoms with van der Waals surface area (Å²) in [5, 5.41) is 6.95. The molecule has 0 saturated carbocycles. The second kappa shape index (κ2) is 5.59. The van der Waals surface area contributed by atoms with Crippen molar-refractivity contribution in [2.24, 2.45) is 0 Å². The number of nitrogens with zero attached hydrogens (tertiary/aromatic N) is 4. The highest BCUT2D eigenvalue weighted by Gasteiger charge is 2.32. The zero-order chi connectivity index (χ0) is 14.8. The van der Waals surface area contributed by atoms with E-state index in [0.717, 1.165) is 25.5 Å². The van der Waals surface area contributed by atoms with Crippen LogP contribution >= 0.6 is 0 Å². The Bertz CT molecular complexity index is 656. The minimum Gasteiger partial charge on any atom is -0.328 e. The van der Waals surface area contributed by atoms with Gasteiger partial charge < -0.3 is 4.90 Å². The van der Waals surface area contributed by atoms with Crippen molar-refractivity contribution in [1.82, 2.24) is 25.1 Å². The third kappa shape index (κ3) is 2.63. The normalized spacial score (nSPS) is 18.8. The minimum atomic E-state index is -0.599. The molecule has 0 bridgehead atoms. The number of pyridine rings is 1. The molecule has 2 aromatic rings. The number of halogens is 1. The van der Waals surface area contributed by atoms with Crippen molar-refractivity contribution >= 4 is 5.91 Å². The van der Waals surface area contributed by atoms with Crippen LogP contribution in [0.15, 0.2) is 18.5 Å². The van der Waals surface area contributed by atoms with Crippen molar-refractivity contribution in [2.45, 2.75) is 32.2 Å². The molecule has 0 spiro atoms. The molecule has 1 aliphatic heterocycles. The molecule has 3 rings (SSSR count). The molecule has 1 N–H and O–H groups in total. The maximum atomic E-state index is 13.8. The van der Waals surface area contributed by atoms with Crippen molar-refractivity contribution < 1.29 is 9.18 Å². The van der Waals surface area contributed by atoms with Crippen molar-refractivity contribution in [3.05, 3.63) is 41.5 Å². The summed E-state index contributed by atoms with van der Waals surface area (Å²) in [7, 11) is 0. The molecular formula is C14H16FN5O. The summed E-state index contributed by atoms with van der Waals surface area (Å²) in [6.45, 7) is 2.40. The lowest BCUT2D eigenvalue weighted by molar-refractivity contribution is 0.0595. The van der Waals surface area contributed by atoms with Crippen LogP contribution in [0.2, 0.25) is 0 Å². The number of likely N-dealkylation sites (tertiary alicyclic amines) is 1. The molecule has 3 heterocycles. The third-order valence-electron chi connectivity index (χ3n) is 3.68. The summed E-state index contributed by atoms with van der Waals surface area (Å²) in [6.07, 6.45) is 5.17. The number of nitrogens with one attached hydrogen (secondary N) is 1. The lowest BCUT2D eigenvalue weighted by Crippen LogP contribution is -2.39. The van der Waals surface area contributed by atoms with Crippen LogP contribution in [0.4, 0.5) is 4.39 Å². The van der Waals surface area contributed by atoms with Gasteiger partial charge in [0.1, 0.15) is 5.82 Å². The van der Waals surface area contributed by atoms with Crippen LogP contribution in [0.3, 0.4) is 0 Å². The Labute approximate surface area is 121 Å². The van der Waals surface area contributed by atoms with Crippen molar-refractivity contribution in [2.75, 3.05) is 6.54 Å². The van der Waals surface area contributed by atoms with Gasteiger partial charge in [0.2, 0.25) is 0 Å². The van der Waals surface area contributed by atoms with E-state index in [-0.39, 0.29) is 17.5 Å². The van der Waals surface area contributed by atoms with Gasteiger partial charge in [0, 0.05) is 12.7 Å². The van der Waals surface area contributed by atoms with E-state index in [1.54, 1.807) is 4.90 Å². The standard InChI is InChI=1S/C14H16FN5O/c1-9-17-13(19-18-9)12-4-2-3-7-20(12)14(21)10-5-6-16-8-11(10)15/h5-6,8,12H,2-4,7H2,1H3,(H,17,18,19). The molecule has 1 unspecified atom stereocenters. The van der Waals surface area contributed by atoms with Crippen LogP contribution in [-0.2, 0) is 0 Å². The van der Waals surface area contributed by atoms with Crippen molar-refractivity contribution in [3.8, 4) is 0 Å². The topological polar surface area (TPSA) is 74.8 Å². The predicted molar refractivity (Wildman–Crippen MR) is 72.9 cm³/mol. The first-order chi connectivity index (χ1) is 10.2. The van der Waals surface area contributed by atoms with E-state index in [0.29, 0.717) is 18.2 Å². The summed E-state index contributed by atoms with van der Waals surface area (Å²) < 4.78 is 13.8. The average molecular weight is 289 g/mol. The molecule has 1 atom stereocenters. The molecule has 0 radical (unpaired) electrons. The number of rotatable bonds is 2. The van der Waals surface area contributed by atoms with Crippen LogP contribution in [0.1, 0.15) is 47.3 Å². The number of carbonyl (C=O) groups is 1. The van der Waals surface area contributed by atoms with E-state index >= 15 is 0 Å². The Morgan fingerprint density at radius 1 is 1.48 bits per heavy atom. The van der Waals surface area contributed by atoms with Gasteiger partial charge in [-0.2, -0.15) is 5.10 Å². The molecule has 1 amide bonds. The second-order valence-corrected chi connectivity index (χ2v) is 5.14. The number of amides is 1. The largest absolute Gasteiger partial charge is 0.328 e. The first-order valence-electron chi connectivity index (χ1n) is 6.96. The van der Waals surface area contributed by atoms with E-state index in [1.807, 2.05) is 6.92 Å². The smallest absolute Gasteiger partial charge is 0.257 e. The first kappa shape index (κ1) is 13.7. The van der Waals surface area contributed by atoms with Gasteiger partial charge in [-0.1, -0.05) is 0 Å². The van der Waals surface area contributed by atoms with Gasteiger partial charge in [-0.05, 0) is 32.3 Å². The number of piperidine rings is 1. The van der Waals surface area contributed by atoms with Crippen molar-refractivity contribution in [1.29, 1.82) is 0 Å². The van der Waals surface area contributed by atoms with Gasteiger partial charge in [-0.3, -0.25) is 14.9 Å². The van der Waals surface area contributed by atoms with Gasteiger partial charge in [0.15, 0.2) is 11.6 Å². The fourth-order valence-corrected chi connectivity index (χ4v) is 2.66. The molecular weight excluding hydrogens is 273 g/mol. The molecule has 0 aromatic carbocycles. The number of carbonyl (C=O) groups excluding carboxylic acids is 1. The number of hydrogen-bond acceptors (Lipinski definition) is 4. The Kier molecular flexibility index (Phi) is 3.64. The predicted octanol–water partition coefficient (Wildman–Crippen LogP) is 2.01. The number of H-pyrrole nitrogens is 1. The van der Waals surface area contributed by atoms with Crippen LogP contribution in [-0.4, -0.2) is 37.5 Å². The van der Waals surface area contributed by atoms with Crippen LogP contribution in [0.5, 0.6) is 0 Å². The van der Waals surface area contributed by atoms with E-state index in [4.69, 9.17) is 0 Å². The minimum absolute atomic E-state index is 0.0455. The average Bonchev–Trinajstić information content (AvgIpc) is 2.93. The van der Waals surface area contributed by atoms with Gasteiger partial charge in [-0.25, -0.2) is 9.37 Å². The molecule has 1 saturated heterocycles. The van der Waals surface area contributed by atoms with Crippen LogP contribution in [0.25, 0.3) is 0 Å². The highest BCUT2D eigenvalue weighted by Crippen LogP contribution is 2.30. The highest BCUT2D eigenvalue weighted by molar-refractivity contribution is 5.94. The lowest BCUT2D eigenvalue weighted by atomic mass is 10.0. The van der Waals surface area contributed by atoms with E-state index < -0.39 is 5.82 Å². The first-order valence-corrected chi connectivity index (χ1v) is 6.96. The van der Waals surface area contributed by atoms with Gasteiger partial charge >= 0.3 is 0 Å². The van der Waals surface area contributed by atoms with E-state index in [2.05, 4.69) is 20.2 Å². The molecule has 21 heavy (non-hydrogen) atoms. The van der Waals surface area contributed by atoms with Gasteiger partial charge in [0.05, 0.1) is 17.8 Å². The third-order valence-corrected chi connectivity index (χ3v) is 3.68. The van der Waals surface area contributed by atoms with E-state index in [1.165, 1.54) is 12.3 Å². The molecule has 2 aromatic heterocycles. The quantitative estimate of drug-likeness (QED) is 0.917. The summed E-state index contributed by atoms with van der Waals surface area (Å²) in [6, 6.07) is 1.20. The Morgan fingerprint density at radius 3 is 3.05 bits per heavy atom. The van der Waals surface area contributed by atoms with Crippen LogP contribution < -0.4 is 0 Å². The summed E-state index contributed by atoms with van der Waals surface area (Å²) in [5.74, 6) is 0.369. The highest BCUT2D eigenvalue weighted by atomic mass is 19.1. The summed E-state index contributed by atoms with van der Waals surface area (Å²) in [4.78, 5) is 22.3. The Morgan fingerprint density at radius 2 is 2.33 bits per heavy atom. The molecule has 7 heteroatoms. The fraction of sp³-hybridized carbons (Fsp3) is 0.429.